The Labute approximate surface area is 244 Å². The van der Waals surface area contributed by atoms with Gasteiger partial charge in [-0.3, -0.25) is 14.4 Å². The van der Waals surface area contributed by atoms with Crippen molar-refractivity contribution >= 4 is 23.9 Å². The molecule has 41 heavy (non-hydrogen) atoms. The second-order valence-electron chi connectivity index (χ2n) is 14.4. The molecule has 7 fully saturated rings. The first kappa shape index (κ1) is 30.3. The Morgan fingerprint density at radius 2 is 1.68 bits per heavy atom. The summed E-state index contributed by atoms with van der Waals surface area (Å²) in [7, 11) is 0. The van der Waals surface area contributed by atoms with Gasteiger partial charge in [0.05, 0.1) is 17.3 Å². The smallest absolute Gasteiger partial charge is 0.344 e. The molecule has 6 bridgehead atoms. The van der Waals surface area contributed by atoms with E-state index in [-0.39, 0.29) is 38.6 Å². The van der Waals surface area contributed by atoms with Gasteiger partial charge in [-0.25, -0.2) is 4.79 Å². The molecule has 0 N–H and O–H groups in total. The SMILES string of the molecule is C.C.CCC(C)(C)C(=O)OCC(=O)OC1C2CC3C1OC(=O)C3C2C(=O)OC1(CC)CC2CC1C1C3CCC(C3)C21. The molecule has 1 saturated heterocycles. The van der Waals surface area contributed by atoms with Crippen molar-refractivity contribution in [2.45, 2.75) is 112 Å². The highest BCUT2D eigenvalue weighted by molar-refractivity contribution is 5.86. The quantitative estimate of drug-likeness (QED) is 0.217. The lowest BCUT2D eigenvalue weighted by Crippen LogP contribution is -2.50. The number of esters is 4. The molecule has 7 rings (SSSR count). The van der Waals surface area contributed by atoms with Crippen LogP contribution in [0.1, 0.15) is 93.9 Å². The molecule has 230 valence electrons. The summed E-state index contributed by atoms with van der Waals surface area (Å²) in [4.78, 5) is 51.9. The van der Waals surface area contributed by atoms with Crippen LogP contribution >= 0.6 is 0 Å². The number of fused-ring (bicyclic) bond motifs is 10. The average Bonchev–Trinajstić information content (AvgIpc) is 3.74. The third kappa shape index (κ3) is 4.19. The van der Waals surface area contributed by atoms with Gasteiger partial charge in [0.2, 0.25) is 0 Å². The Balaban J connectivity index is 0.00000169. The Hall–Kier alpha value is -2.12. The summed E-state index contributed by atoms with van der Waals surface area (Å²) in [6, 6.07) is 0. The minimum Gasteiger partial charge on any atom is -0.459 e. The highest BCUT2D eigenvalue weighted by Gasteiger charge is 2.72. The van der Waals surface area contributed by atoms with Gasteiger partial charge in [-0.15, -0.1) is 0 Å². The summed E-state index contributed by atoms with van der Waals surface area (Å²) in [6.07, 6.45) is 6.90. The Morgan fingerprint density at radius 1 is 0.976 bits per heavy atom. The van der Waals surface area contributed by atoms with Crippen molar-refractivity contribution in [2.75, 3.05) is 6.61 Å². The summed E-state index contributed by atoms with van der Waals surface area (Å²) in [6.45, 7) is 7.06. The number of carbonyl (C=O) groups excluding carboxylic acids is 4. The van der Waals surface area contributed by atoms with Crippen LogP contribution in [0.4, 0.5) is 0 Å². The first-order valence-electron chi connectivity index (χ1n) is 15.4. The third-order valence-electron chi connectivity index (χ3n) is 12.6. The minimum atomic E-state index is -0.715. The van der Waals surface area contributed by atoms with Crippen LogP contribution in [0.3, 0.4) is 0 Å². The molecule has 0 aromatic rings. The number of carbonyl (C=O) groups is 4. The third-order valence-corrected chi connectivity index (χ3v) is 12.6. The molecule has 13 atom stereocenters. The van der Waals surface area contributed by atoms with Crippen molar-refractivity contribution in [3.8, 4) is 0 Å². The van der Waals surface area contributed by atoms with Crippen LogP contribution in [-0.4, -0.2) is 48.3 Å². The lowest BCUT2D eigenvalue weighted by atomic mass is 9.65. The van der Waals surface area contributed by atoms with Crippen LogP contribution in [-0.2, 0) is 38.1 Å². The zero-order valence-electron chi connectivity index (χ0n) is 23.6. The fourth-order valence-corrected chi connectivity index (χ4v) is 10.7. The topological polar surface area (TPSA) is 105 Å². The Bertz CT molecular complexity index is 1100. The predicted molar refractivity (Wildman–Crippen MR) is 150 cm³/mol. The molecule has 0 spiro atoms. The van der Waals surface area contributed by atoms with Gasteiger partial charge in [0.15, 0.2) is 6.61 Å². The van der Waals surface area contributed by atoms with Gasteiger partial charge in [0.1, 0.15) is 17.8 Å². The van der Waals surface area contributed by atoms with Gasteiger partial charge in [-0.2, -0.15) is 0 Å². The van der Waals surface area contributed by atoms with Crippen molar-refractivity contribution in [3.63, 3.8) is 0 Å². The lowest BCUT2D eigenvalue weighted by molar-refractivity contribution is -0.186. The van der Waals surface area contributed by atoms with Gasteiger partial charge >= 0.3 is 23.9 Å². The molecular weight excluding hydrogens is 524 g/mol. The molecule has 0 aromatic carbocycles. The zero-order chi connectivity index (χ0) is 27.4. The van der Waals surface area contributed by atoms with Crippen molar-refractivity contribution in [1.29, 1.82) is 0 Å². The molecule has 6 aliphatic carbocycles. The van der Waals surface area contributed by atoms with Gasteiger partial charge in [0, 0.05) is 17.8 Å². The number of hydrogen-bond acceptors (Lipinski definition) is 8. The molecule has 0 radical (unpaired) electrons. The largest absolute Gasteiger partial charge is 0.459 e. The molecule has 8 nitrogen and oxygen atoms in total. The van der Waals surface area contributed by atoms with E-state index < -0.39 is 53.6 Å². The minimum absolute atomic E-state index is 0. The van der Waals surface area contributed by atoms with Crippen LogP contribution in [0.15, 0.2) is 0 Å². The van der Waals surface area contributed by atoms with Crippen LogP contribution < -0.4 is 0 Å². The van der Waals surface area contributed by atoms with Crippen molar-refractivity contribution in [2.24, 2.45) is 64.6 Å². The van der Waals surface area contributed by atoms with Crippen LogP contribution in [0.5, 0.6) is 0 Å². The highest BCUT2D eigenvalue weighted by Crippen LogP contribution is 2.71. The number of hydrogen-bond donors (Lipinski definition) is 0. The van der Waals surface area contributed by atoms with Crippen molar-refractivity contribution in [3.05, 3.63) is 0 Å². The number of rotatable bonds is 8. The van der Waals surface area contributed by atoms with Crippen LogP contribution in [0.2, 0.25) is 0 Å². The zero-order valence-corrected chi connectivity index (χ0v) is 23.6. The standard InChI is InChI=1S/C31H42O8.2CH4/c1-5-30(3,4)29(35)36-13-20(32)37-25-18-11-17-23(27(33)38-26(17)25)24(18)28(34)39-31(6-2)12-16-10-19(31)22-15-8-7-14(9-15)21(16)22;;/h14-19,21-26H,5-13H2,1-4H3;2*1H4. The molecule has 13 unspecified atom stereocenters. The second kappa shape index (κ2) is 10.3. The highest BCUT2D eigenvalue weighted by atomic mass is 16.6. The maximum Gasteiger partial charge on any atom is 0.344 e. The normalized spacial score (nSPS) is 45.5. The van der Waals surface area contributed by atoms with Crippen molar-refractivity contribution in [1.82, 2.24) is 0 Å². The van der Waals surface area contributed by atoms with E-state index in [2.05, 4.69) is 6.92 Å². The van der Waals surface area contributed by atoms with E-state index in [1.54, 1.807) is 13.8 Å². The van der Waals surface area contributed by atoms with Gasteiger partial charge in [-0.1, -0.05) is 28.7 Å². The van der Waals surface area contributed by atoms with Gasteiger partial charge in [0.25, 0.3) is 0 Å². The molecule has 8 heteroatoms. The van der Waals surface area contributed by atoms with E-state index >= 15 is 0 Å². The molecule has 1 heterocycles. The van der Waals surface area contributed by atoms with Crippen LogP contribution in [0.25, 0.3) is 0 Å². The maximum atomic E-state index is 14.0. The first-order chi connectivity index (χ1) is 18.6. The Kier molecular flexibility index (Phi) is 7.59. The fraction of sp³-hybridized carbons (Fsp3) is 0.879. The summed E-state index contributed by atoms with van der Waals surface area (Å²) >= 11 is 0. The molecule has 0 amide bonds. The van der Waals surface area contributed by atoms with E-state index in [1.165, 1.54) is 25.7 Å². The Morgan fingerprint density at radius 3 is 2.37 bits per heavy atom. The monoisotopic (exact) mass is 574 g/mol. The van der Waals surface area contributed by atoms with Crippen LogP contribution in [0, 0.1) is 64.6 Å². The average molecular weight is 575 g/mol. The van der Waals surface area contributed by atoms with E-state index in [0.717, 1.165) is 30.6 Å². The molecule has 7 aliphatic rings. The van der Waals surface area contributed by atoms with E-state index in [9.17, 15) is 19.2 Å². The predicted octanol–water partition coefficient (Wildman–Crippen LogP) is 5.35. The fourth-order valence-electron chi connectivity index (χ4n) is 10.7. The van der Waals surface area contributed by atoms with Crippen molar-refractivity contribution < 1.29 is 38.1 Å². The summed E-state index contributed by atoms with van der Waals surface area (Å²) in [5.41, 5.74) is -1.13. The first-order valence-corrected chi connectivity index (χ1v) is 15.4. The summed E-state index contributed by atoms with van der Waals surface area (Å²) in [5, 5.41) is 0. The maximum absolute atomic E-state index is 14.0. The second-order valence-corrected chi connectivity index (χ2v) is 14.4. The molecular formula is C33H50O8. The number of ether oxygens (including phenoxy) is 4. The van der Waals surface area contributed by atoms with E-state index in [4.69, 9.17) is 18.9 Å². The van der Waals surface area contributed by atoms with E-state index in [0.29, 0.717) is 30.6 Å². The molecule has 6 saturated carbocycles. The molecule has 1 aliphatic heterocycles. The van der Waals surface area contributed by atoms with Gasteiger partial charge in [-0.05, 0) is 94.8 Å². The molecule has 0 aromatic heterocycles. The summed E-state index contributed by atoms with van der Waals surface area (Å²) in [5.74, 6) is 0.771. The van der Waals surface area contributed by atoms with Gasteiger partial charge < -0.3 is 18.9 Å². The lowest BCUT2D eigenvalue weighted by Gasteiger charge is -2.46. The van der Waals surface area contributed by atoms with E-state index in [1.807, 2.05) is 6.92 Å². The summed E-state index contributed by atoms with van der Waals surface area (Å²) < 4.78 is 23.2.